The fourth-order valence-electron chi connectivity index (χ4n) is 1.22. The maximum absolute atomic E-state index is 12.9. The van der Waals surface area contributed by atoms with Crippen molar-refractivity contribution < 1.29 is 22.8 Å². The van der Waals surface area contributed by atoms with Crippen LogP contribution < -0.4 is 0 Å². The molecule has 1 aromatic rings. The van der Waals surface area contributed by atoms with Gasteiger partial charge in [-0.3, -0.25) is 0 Å². The van der Waals surface area contributed by atoms with Gasteiger partial charge in [0.2, 0.25) is 0 Å². The highest BCUT2D eigenvalue weighted by Gasteiger charge is 2.36. The minimum atomic E-state index is -4.89. The second-order valence-corrected chi connectivity index (χ2v) is 4.42. The molecule has 0 atom stereocenters. The predicted octanol–water partition coefficient (Wildman–Crippen LogP) is 3.78. The molecule has 92 valence electrons. The third-order valence-corrected chi connectivity index (χ3v) is 1.91. The Morgan fingerprint density at radius 3 is 2.31 bits per heavy atom. The number of rotatable bonds is 1. The average Bonchev–Trinajstić information content (AvgIpc) is 2.68. The minimum absolute atomic E-state index is 0.284. The van der Waals surface area contributed by atoms with E-state index in [1.165, 1.54) is 20.8 Å². The van der Waals surface area contributed by atoms with Gasteiger partial charge in [0.25, 0.3) is 0 Å². The van der Waals surface area contributed by atoms with E-state index in [-0.39, 0.29) is 6.20 Å². The van der Waals surface area contributed by atoms with Crippen molar-refractivity contribution in [3.63, 3.8) is 0 Å². The molecule has 0 bridgehead atoms. The molecule has 2 nitrogen and oxygen atoms in total. The largest absolute Gasteiger partial charge is 0.434 e. The van der Waals surface area contributed by atoms with Crippen LogP contribution in [0.25, 0.3) is 0 Å². The van der Waals surface area contributed by atoms with Crippen LogP contribution in [0.5, 0.6) is 0 Å². The van der Waals surface area contributed by atoms with Gasteiger partial charge >= 0.3 is 6.18 Å². The van der Waals surface area contributed by atoms with E-state index in [0.29, 0.717) is 4.57 Å². The van der Waals surface area contributed by atoms with Crippen LogP contribution in [0.3, 0.4) is 0 Å². The highest BCUT2D eigenvalue weighted by atomic mass is 19.4. The lowest BCUT2D eigenvalue weighted by Crippen LogP contribution is -2.20. The van der Waals surface area contributed by atoms with E-state index >= 15 is 0 Å². The minimum Gasteiger partial charge on any atom is -0.331 e. The lowest BCUT2D eigenvalue weighted by molar-refractivity contribution is -0.141. The van der Waals surface area contributed by atoms with Gasteiger partial charge in [0.1, 0.15) is 5.82 Å². The Bertz CT molecular complexity index is 564. The number of nitrogens with zero attached hydrogens (tertiary/aromatic N) is 2. The Kier molecular flexibility index (Phi) is 1.44. The van der Waals surface area contributed by atoms with E-state index in [2.05, 4.69) is 4.98 Å². The second kappa shape index (κ2) is 3.79. The second-order valence-electron chi connectivity index (χ2n) is 4.42. The summed E-state index contributed by atoms with van der Waals surface area (Å²) >= 11 is 0. The maximum Gasteiger partial charge on any atom is 0.434 e. The Hall–Kier alpha value is -1.00. The van der Waals surface area contributed by atoms with Crippen LogP contribution in [0.2, 0.25) is 0 Å². The molecule has 5 heteroatoms. The van der Waals surface area contributed by atoms with Crippen molar-refractivity contribution >= 4 is 0 Å². The summed E-state index contributed by atoms with van der Waals surface area (Å²) in [5, 5.41) is 0. The number of aromatic nitrogens is 2. The van der Waals surface area contributed by atoms with Crippen molar-refractivity contribution in [1.82, 2.24) is 9.55 Å². The van der Waals surface area contributed by atoms with Crippen molar-refractivity contribution in [2.45, 2.75) is 52.1 Å². The zero-order chi connectivity index (χ0) is 18.6. The normalized spacial score (nSPS) is 22.2. The molecule has 0 aliphatic rings. The van der Waals surface area contributed by atoms with Crippen LogP contribution in [0.15, 0.2) is 6.20 Å². The van der Waals surface area contributed by atoms with Crippen molar-refractivity contribution in [1.29, 1.82) is 0 Å². The molecule has 0 radical (unpaired) electrons. The predicted molar refractivity (Wildman–Crippen MR) is 56.3 cm³/mol. The quantitative estimate of drug-likeness (QED) is 0.731. The van der Waals surface area contributed by atoms with Crippen LogP contribution >= 0.6 is 0 Å². The summed E-state index contributed by atoms with van der Waals surface area (Å²) in [5.74, 6) is -0.438. The van der Waals surface area contributed by atoms with E-state index < -0.39 is 42.8 Å². The summed E-state index contributed by atoms with van der Waals surface area (Å²) in [6.45, 7) is -2.45. The highest BCUT2D eigenvalue weighted by Crippen LogP contribution is 2.32. The van der Waals surface area contributed by atoms with Gasteiger partial charge in [-0.2, -0.15) is 13.2 Å². The molecule has 0 aliphatic carbocycles. The van der Waals surface area contributed by atoms with E-state index in [0.717, 1.165) is 0 Å². The van der Waals surface area contributed by atoms with Gasteiger partial charge in [0.05, 0.1) is 1.37 Å². The van der Waals surface area contributed by atoms with E-state index in [1.807, 2.05) is 0 Å². The topological polar surface area (TPSA) is 17.8 Å². The Morgan fingerprint density at radius 1 is 1.38 bits per heavy atom. The zero-order valence-corrected chi connectivity index (χ0v) is 9.11. The van der Waals surface area contributed by atoms with Crippen molar-refractivity contribution in [2.75, 3.05) is 0 Å². The zero-order valence-electron chi connectivity index (χ0n) is 16.1. The van der Waals surface area contributed by atoms with Crippen LogP contribution in [0.4, 0.5) is 13.2 Å². The molecule has 0 spiro atoms. The van der Waals surface area contributed by atoms with Gasteiger partial charge in [-0.1, -0.05) is 20.8 Å². The molecule has 0 N–H and O–H groups in total. The molecule has 0 amide bonds. The molecule has 0 aromatic carbocycles. The van der Waals surface area contributed by atoms with E-state index in [9.17, 15) is 13.2 Å². The molecule has 0 fully saturated rings. The fraction of sp³-hybridized carbons (Fsp3) is 0.727. The van der Waals surface area contributed by atoms with Crippen LogP contribution in [-0.4, -0.2) is 9.55 Å². The number of hydrogen-bond donors (Lipinski definition) is 0. The van der Waals surface area contributed by atoms with Gasteiger partial charge < -0.3 is 4.57 Å². The number of alkyl halides is 3. The van der Waals surface area contributed by atoms with Crippen molar-refractivity contribution in [2.24, 2.45) is 0 Å². The van der Waals surface area contributed by atoms with E-state index in [1.54, 1.807) is 0 Å². The summed E-state index contributed by atoms with van der Waals surface area (Å²) in [6, 6.07) is -3.29. The SMILES string of the molecule is [2H]C([2H])([2H])C([2H])(n1cc(C(F)(F)F)nc1C(C)(C)C)C([2H])([2H])[2H]. The summed E-state index contributed by atoms with van der Waals surface area (Å²) in [7, 11) is 0. The van der Waals surface area contributed by atoms with Gasteiger partial charge in [0.15, 0.2) is 5.69 Å². The van der Waals surface area contributed by atoms with Crippen LogP contribution in [0, 0.1) is 0 Å². The van der Waals surface area contributed by atoms with Gasteiger partial charge in [-0.05, 0) is 13.7 Å². The maximum atomic E-state index is 12.9. The molecule has 0 saturated heterocycles. The molecule has 1 heterocycles. The Balaban J connectivity index is 3.84. The smallest absolute Gasteiger partial charge is 0.331 e. The highest BCUT2D eigenvalue weighted by molar-refractivity contribution is 5.14. The number of hydrogen-bond acceptors (Lipinski definition) is 1. The summed E-state index contributed by atoms with van der Waals surface area (Å²) in [5.41, 5.74) is -2.54. The molecule has 1 rings (SSSR count). The van der Waals surface area contributed by atoms with Gasteiger partial charge in [-0.25, -0.2) is 4.98 Å². The third-order valence-electron chi connectivity index (χ3n) is 1.91. The Labute approximate surface area is 103 Å². The van der Waals surface area contributed by atoms with Gasteiger partial charge in [-0.15, -0.1) is 0 Å². The first-order valence-electron chi connectivity index (χ1n) is 8.01. The van der Waals surface area contributed by atoms with Crippen LogP contribution in [0.1, 0.15) is 61.6 Å². The first kappa shape index (κ1) is 6.07. The number of halogens is 3. The molecule has 0 aliphatic heterocycles. The molecular weight excluding hydrogens is 217 g/mol. The molecule has 1 aromatic heterocycles. The lowest BCUT2D eigenvalue weighted by Gasteiger charge is -2.21. The molecule has 16 heavy (non-hydrogen) atoms. The summed E-state index contributed by atoms with van der Waals surface area (Å²) in [6.07, 6.45) is -4.61. The first-order valence-corrected chi connectivity index (χ1v) is 4.51. The summed E-state index contributed by atoms with van der Waals surface area (Å²) in [4.78, 5) is 3.36. The standard InChI is InChI=1S/C11H17F3N2/c1-7(2)16-6-8(11(12,13)14)15-9(16)10(3,4)5/h6-7H,1-5H3/i1D3,2D3,7D. The molecular formula is C11H17F3N2. The van der Waals surface area contributed by atoms with Gasteiger partial charge in [0, 0.05) is 25.9 Å². The van der Waals surface area contributed by atoms with Crippen LogP contribution in [-0.2, 0) is 11.6 Å². The molecule has 0 unspecified atom stereocenters. The first-order chi connectivity index (χ1) is 9.83. The monoisotopic (exact) mass is 241 g/mol. The fourth-order valence-corrected chi connectivity index (χ4v) is 1.22. The lowest BCUT2D eigenvalue weighted by atomic mass is 9.95. The average molecular weight is 241 g/mol. The summed E-state index contributed by atoms with van der Waals surface area (Å²) < 4.78 is 91.6. The van der Waals surface area contributed by atoms with Crippen molar-refractivity contribution in [3.05, 3.63) is 17.7 Å². The van der Waals surface area contributed by atoms with E-state index in [4.69, 9.17) is 9.60 Å². The molecule has 0 saturated carbocycles. The van der Waals surface area contributed by atoms with Crippen molar-refractivity contribution in [3.8, 4) is 0 Å². The Morgan fingerprint density at radius 2 is 1.94 bits per heavy atom. The number of imidazole rings is 1. The third kappa shape index (κ3) is 2.57.